The van der Waals surface area contributed by atoms with Crippen molar-refractivity contribution in [3.8, 4) is 0 Å². The molecule has 0 radical (unpaired) electrons. The third kappa shape index (κ3) is 13.2. The molecule has 136 valence electrons. The fourth-order valence-corrected chi connectivity index (χ4v) is 2.27. The topological polar surface area (TPSA) is 156 Å². The summed E-state index contributed by atoms with van der Waals surface area (Å²) in [5.41, 5.74) is 6.77. The van der Waals surface area contributed by atoms with Crippen LogP contribution >= 0.6 is 11.3 Å². The summed E-state index contributed by atoms with van der Waals surface area (Å²) in [6, 6.07) is 0. The van der Waals surface area contributed by atoms with Crippen LogP contribution in [0, 0.1) is 10.1 Å². The van der Waals surface area contributed by atoms with Gasteiger partial charge in [0.1, 0.15) is 0 Å². The van der Waals surface area contributed by atoms with Crippen LogP contribution in [0.1, 0.15) is 38.8 Å². The van der Waals surface area contributed by atoms with E-state index in [1.807, 2.05) is 5.38 Å². The third-order valence-corrected chi connectivity index (χ3v) is 3.37. The van der Waals surface area contributed by atoms with Crippen LogP contribution in [0.3, 0.4) is 0 Å². The van der Waals surface area contributed by atoms with Crippen molar-refractivity contribution in [2.24, 2.45) is 10.7 Å². The van der Waals surface area contributed by atoms with Gasteiger partial charge in [0.15, 0.2) is 11.1 Å². The van der Waals surface area contributed by atoms with Gasteiger partial charge in [-0.3, -0.25) is 9.79 Å². The molecule has 1 heterocycles. The summed E-state index contributed by atoms with van der Waals surface area (Å²) in [6.07, 6.45) is 3.86. The van der Waals surface area contributed by atoms with Crippen LogP contribution in [0.25, 0.3) is 0 Å². The molecule has 0 fully saturated rings. The number of carbonyl (C=O) groups excluding carboxylic acids is 1. The van der Waals surface area contributed by atoms with Crippen LogP contribution in [0.2, 0.25) is 0 Å². The summed E-state index contributed by atoms with van der Waals surface area (Å²) < 4.78 is 0. The monoisotopic (exact) mass is 360 g/mol. The second kappa shape index (κ2) is 13.0. The van der Waals surface area contributed by atoms with E-state index in [4.69, 9.17) is 21.1 Å². The van der Waals surface area contributed by atoms with E-state index in [0.717, 1.165) is 43.1 Å². The standard InChI is InChI=1S/C13H23N5OS.HNO3/c1-3-4-7-16-12(14)18-13-17-11(9-20-13)6-5-8-15-10(2)19;2-1(3)4/h9H,3-8H2,1-2H3,(H,15,19)(H3,14,16,17,18);(H,2,3,4). The van der Waals surface area contributed by atoms with Gasteiger partial charge in [0, 0.05) is 25.4 Å². The Kier molecular flexibility index (Phi) is 11.7. The first-order valence-electron chi connectivity index (χ1n) is 7.44. The molecule has 1 aromatic rings. The molecular weight excluding hydrogens is 336 g/mol. The zero-order valence-electron chi connectivity index (χ0n) is 13.8. The average Bonchev–Trinajstić information content (AvgIpc) is 2.90. The molecule has 11 heteroatoms. The molecule has 0 bridgehead atoms. The lowest BCUT2D eigenvalue weighted by Crippen LogP contribution is -2.22. The van der Waals surface area contributed by atoms with Crippen molar-refractivity contribution in [3.63, 3.8) is 0 Å². The minimum atomic E-state index is -1.50. The highest BCUT2D eigenvalue weighted by atomic mass is 32.1. The number of hydrogen-bond acceptors (Lipinski definition) is 6. The Labute approximate surface area is 144 Å². The Bertz CT molecular complexity index is 530. The molecule has 1 rings (SSSR count). The van der Waals surface area contributed by atoms with Gasteiger partial charge in [-0.05, 0) is 19.3 Å². The van der Waals surface area contributed by atoms with Gasteiger partial charge in [0.25, 0.3) is 5.09 Å². The second-order valence-electron chi connectivity index (χ2n) is 4.71. The molecular formula is C13H24N6O4S. The maximum Gasteiger partial charge on any atom is 0.291 e. The number of rotatable bonds is 8. The number of carbonyl (C=O) groups is 1. The summed E-state index contributed by atoms with van der Waals surface area (Å²) in [7, 11) is 0. The number of nitrogens with zero attached hydrogens (tertiary/aromatic N) is 3. The van der Waals surface area contributed by atoms with Gasteiger partial charge in [-0.2, -0.15) is 0 Å². The van der Waals surface area contributed by atoms with E-state index in [2.05, 4.69) is 27.5 Å². The van der Waals surface area contributed by atoms with Crippen molar-refractivity contribution in [2.45, 2.75) is 39.5 Å². The molecule has 0 aliphatic heterocycles. The number of guanidine groups is 1. The first kappa shape index (κ1) is 21.6. The number of nitrogens with two attached hydrogens (primary N) is 1. The molecule has 0 spiro atoms. The van der Waals surface area contributed by atoms with Gasteiger partial charge in [-0.15, -0.1) is 21.5 Å². The SMILES string of the molecule is CCCCN=C(N)Nc1nc(CCCNC(C)=O)cs1.O=[N+]([O-])O. The van der Waals surface area contributed by atoms with Crippen molar-refractivity contribution in [2.75, 3.05) is 18.4 Å². The molecule has 0 aliphatic rings. The largest absolute Gasteiger partial charge is 0.370 e. The van der Waals surface area contributed by atoms with Crippen molar-refractivity contribution in [1.82, 2.24) is 10.3 Å². The molecule has 10 nitrogen and oxygen atoms in total. The van der Waals surface area contributed by atoms with E-state index in [1.165, 1.54) is 18.3 Å². The Balaban J connectivity index is 0.00000118. The summed E-state index contributed by atoms with van der Waals surface area (Å²) >= 11 is 1.51. The predicted octanol–water partition coefficient (Wildman–Crippen LogP) is 1.39. The Morgan fingerprint density at radius 1 is 1.54 bits per heavy atom. The molecule has 0 aromatic carbocycles. The molecule has 0 atom stereocenters. The Morgan fingerprint density at radius 3 is 2.79 bits per heavy atom. The van der Waals surface area contributed by atoms with E-state index in [9.17, 15) is 4.79 Å². The van der Waals surface area contributed by atoms with Crippen molar-refractivity contribution < 1.29 is 15.1 Å². The fraction of sp³-hybridized carbons (Fsp3) is 0.615. The summed E-state index contributed by atoms with van der Waals surface area (Å²) in [5, 5.41) is 22.2. The van der Waals surface area contributed by atoms with E-state index in [-0.39, 0.29) is 5.91 Å². The number of unbranched alkanes of at least 4 members (excludes halogenated alkanes) is 1. The predicted molar refractivity (Wildman–Crippen MR) is 92.9 cm³/mol. The highest BCUT2D eigenvalue weighted by Crippen LogP contribution is 2.16. The van der Waals surface area contributed by atoms with E-state index in [1.54, 1.807) is 0 Å². The normalized spacial score (nSPS) is 10.5. The van der Waals surface area contributed by atoms with Crippen molar-refractivity contribution >= 4 is 28.3 Å². The first-order chi connectivity index (χ1) is 11.3. The second-order valence-corrected chi connectivity index (χ2v) is 5.57. The summed E-state index contributed by atoms with van der Waals surface area (Å²) in [5.74, 6) is 0.416. The molecule has 0 unspecified atom stereocenters. The van der Waals surface area contributed by atoms with Crippen molar-refractivity contribution in [1.29, 1.82) is 0 Å². The van der Waals surface area contributed by atoms with Gasteiger partial charge in [0.2, 0.25) is 5.91 Å². The molecule has 0 saturated carbocycles. The lowest BCUT2D eigenvalue weighted by molar-refractivity contribution is -0.742. The van der Waals surface area contributed by atoms with Crippen LogP contribution in [-0.4, -0.2) is 40.2 Å². The number of aliphatic imine (C=N–C) groups is 1. The molecule has 0 saturated heterocycles. The van der Waals surface area contributed by atoms with Gasteiger partial charge in [-0.25, -0.2) is 4.98 Å². The minimum Gasteiger partial charge on any atom is -0.370 e. The number of hydrogen-bond donors (Lipinski definition) is 4. The number of aryl methyl sites for hydroxylation is 1. The van der Waals surface area contributed by atoms with Gasteiger partial charge in [0.05, 0.1) is 5.69 Å². The zero-order chi connectivity index (χ0) is 18.4. The van der Waals surface area contributed by atoms with Crippen LogP contribution < -0.4 is 16.4 Å². The maximum absolute atomic E-state index is 10.7. The smallest absolute Gasteiger partial charge is 0.291 e. The van der Waals surface area contributed by atoms with Crippen LogP contribution in [0.15, 0.2) is 10.4 Å². The number of nitrogens with one attached hydrogen (secondary N) is 2. The minimum absolute atomic E-state index is 0.00157. The van der Waals surface area contributed by atoms with Crippen LogP contribution in [-0.2, 0) is 11.2 Å². The van der Waals surface area contributed by atoms with Gasteiger partial charge < -0.3 is 21.6 Å². The summed E-state index contributed by atoms with van der Waals surface area (Å²) in [6.45, 7) is 5.05. The Morgan fingerprint density at radius 2 is 2.21 bits per heavy atom. The number of aromatic nitrogens is 1. The first-order valence-corrected chi connectivity index (χ1v) is 8.32. The number of anilines is 1. The third-order valence-electron chi connectivity index (χ3n) is 2.56. The lowest BCUT2D eigenvalue weighted by Gasteiger charge is -2.01. The highest BCUT2D eigenvalue weighted by molar-refractivity contribution is 7.13. The molecule has 5 N–H and O–H groups in total. The van der Waals surface area contributed by atoms with Gasteiger partial charge >= 0.3 is 0 Å². The average molecular weight is 360 g/mol. The van der Waals surface area contributed by atoms with Crippen LogP contribution in [0.5, 0.6) is 0 Å². The molecule has 1 amide bonds. The zero-order valence-corrected chi connectivity index (χ0v) is 14.6. The quantitative estimate of drug-likeness (QED) is 0.179. The van der Waals surface area contributed by atoms with Crippen LogP contribution in [0.4, 0.5) is 5.13 Å². The van der Waals surface area contributed by atoms with Crippen molar-refractivity contribution in [3.05, 3.63) is 21.2 Å². The number of thiazole rings is 1. The fourth-order valence-electron chi connectivity index (χ4n) is 1.52. The maximum atomic E-state index is 10.7. The number of amides is 1. The summed E-state index contributed by atoms with van der Waals surface area (Å²) in [4.78, 5) is 27.7. The van der Waals surface area contributed by atoms with E-state index in [0.29, 0.717) is 12.5 Å². The van der Waals surface area contributed by atoms with Gasteiger partial charge in [-0.1, -0.05) is 13.3 Å². The molecule has 1 aromatic heterocycles. The molecule has 0 aliphatic carbocycles. The lowest BCUT2D eigenvalue weighted by atomic mass is 10.2. The Hall–Kier alpha value is -2.43. The highest BCUT2D eigenvalue weighted by Gasteiger charge is 2.03. The molecule has 24 heavy (non-hydrogen) atoms. The van der Waals surface area contributed by atoms with E-state index >= 15 is 0 Å². The van der Waals surface area contributed by atoms with E-state index < -0.39 is 5.09 Å².